The summed E-state index contributed by atoms with van der Waals surface area (Å²) in [6.07, 6.45) is 2.00. The van der Waals surface area contributed by atoms with Gasteiger partial charge in [0, 0.05) is 22.4 Å². The Morgan fingerprint density at radius 2 is 1.70 bits per heavy atom. The highest BCUT2D eigenvalue weighted by Gasteiger charge is 2.35. The highest BCUT2D eigenvalue weighted by Crippen LogP contribution is 2.53. The first-order chi connectivity index (χ1) is 17.9. The quantitative estimate of drug-likeness (QED) is 0.308. The van der Waals surface area contributed by atoms with Crippen LogP contribution in [-0.4, -0.2) is 12.6 Å². The summed E-state index contributed by atoms with van der Waals surface area (Å²) in [6, 6.07) is 28.9. The average Bonchev–Trinajstić information content (AvgIpc) is 2.90. The summed E-state index contributed by atoms with van der Waals surface area (Å²) in [5.41, 5.74) is 8.87. The van der Waals surface area contributed by atoms with Crippen molar-refractivity contribution in [2.45, 2.75) is 39.0 Å². The lowest BCUT2D eigenvalue weighted by atomic mass is 9.80. The number of ether oxygens (including phenoxy) is 3. The van der Waals surface area contributed by atoms with Gasteiger partial charge in [-0.05, 0) is 67.8 Å². The Kier molecular flexibility index (Phi) is 5.68. The second-order valence-corrected chi connectivity index (χ2v) is 10.3. The normalized spacial score (nSPS) is 16.8. The van der Waals surface area contributed by atoms with Gasteiger partial charge in [-0.1, -0.05) is 60.7 Å². The minimum absolute atomic E-state index is 0.128. The summed E-state index contributed by atoms with van der Waals surface area (Å²) < 4.78 is 18.7. The molecule has 2 aliphatic heterocycles. The molecule has 4 aromatic rings. The van der Waals surface area contributed by atoms with Gasteiger partial charge in [0.1, 0.15) is 23.9 Å². The van der Waals surface area contributed by atoms with Crippen molar-refractivity contribution in [3.8, 4) is 28.4 Å². The molecule has 0 fully saturated rings. The van der Waals surface area contributed by atoms with Gasteiger partial charge in [0.25, 0.3) is 0 Å². The first kappa shape index (κ1) is 23.2. The van der Waals surface area contributed by atoms with Crippen LogP contribution in [-0.2, 0) is 6.61 Å². The van der Waals surface area contributed by atoms with Gasteiger partial charge in [0.15, 0.2) is 6.10 Å². The maximum atomic E-state index is 6.78. The number of methoxy groups -OCH3 is 1. The van der Waals surface area contributed by atoms with E-state index in [1.807, 2.05) is 48.5 Å². The fraction of sp³-hybridized carbons (Fsp3) is 0.212. The van der Waals surface area contributed by atoms with E-state index in [1.54, 1.807) is 7.11 Å². The Morgan fingerprint density at radius 3 is 2.51 bits per heavy atom. The number of fused-ring (bicyclic) bond motifs is 5. The Morgan fingerprint density at radius 1 is 0.892 bits per heavy atom. The van der Waals surface area contributed by atoms with Crippen molar-refractivity contribution in [3.05, 3.63) is 113 Å². The van der Waals surface area contributed by atoms with Gasteiger partial charge in [0.2, 0.25) is 0 Å². The lowest BCUT2D eigenvalue weighted by molar-refractivity contribution is 0.240. The van der Waals surface area contributed by atoms with Crippen molar-refractivity contribution >= 4 is 11.3 Å². The van der Waals surface area contributed by atoms with Crippen molar-refractivity contribution in [1.82, 2.24) is 0 Å². The lowest BCUT2D eigenvalue weighted by Gasteiger charge is -2.37. The van der Waals surface area contributed by atoms with Crippen LogP contribution in [0.3, 0.4) is 0 Å². The van der Waals surface area contributed by atoms with Crippen LogP contribution in [0.5, 0.6) is 17.2 Å². The maximum Gasteiger partial charge on any atom is 0.150 e. The van der Waals surface area contributed by atoms with Crippen molar-refractivity contribution in [2.75, 3.05) is 12.4 Å². The van der Waals surface area contributed by atoms with E-state index in [-0.39, 0.29) is 11.6 Å². The average molecular weight is 490 g/mol. The third kappa shape index (κ3) is 4.23. The molecule has 186 valence electrons. The highest BCUT2D eigenvalue weighted by molar-refractivity contribution is 5.91. The lowest BCUT2D eigenvalue weighted by Crippen LogP contribution is -2.32. The minimum Gasteiger partial charge on any atom is -0.496 e. The van der Waals surface area contributed by atoms with E-state index in [9.17, 15) is 0 Å². The highest BCUT2D eigenvalue weighted by atomic mass is 16.5. The molecule has 0 spiro atoms. The zero-order valence-electron chi connectivity index (χ0n) is 21.7. The Balaban J connectivity index is 1.48. The van der Waals surface area contributed by atoms with Crippen LogP contribution < -0.4 is 19.5 Å². The number of benzene rings is 4. The summed E-state index contributed by atoms with van der Waals surface area (Å²) in [6.45, 7) is 7.09. The van der Waals surface area contributed by atoms with Crippen LogP contribution in [0.2, 0.25) is 0 Å². The standard InChI is InChI=1S/C33H31NO3/c1-21-19-33(2,3)34-26-17-16-25-30-27(35-4)14-9-15-28(30)37-32(31(25)29(21)26)23-12-8-13-24(18-23)36-20-22-10-6-5-7-11-22/h5-19,32,34H,20H2,1-4H3. The van der Waals surface area contributed by atoms with E-state index in [0.717, 1.165) is 50.8 Å². The molecule has 0 saturated carbocycles. The molecule has 1 N–H and O–H groups in total. The Labute approximate surface area is 218 Å². The molecular formula is C33H31NO3. The molecule has 6 rings (SSSR count). The van der Waals surface area contributed by atoms with Crippen LogP contribution >= 0.6 is 0 Å². The first-order valence-electron chi connectivity index (χ1n) is 12.7. The van der Waals surface area contributed by atoms with Crippen molar-refractivity contribution in [2.24, 2.45) is 0 Å². The van der Waals surface area contributed by atoms with E-state index < -0.39 is 0 Å². The van der Waals surface area contributed by atoms with Gasteiger partial charge in [-0.15, -0.1) is 0 Å². The molecule has 0 radical (unpaired) electrons. The molecule has 4 nitrogen and oxygen atoms in total. The van der Waals surface area contributed by atoms with Crippen molar-refractivity contribution in [1.29, 1.82) is 0 Å². The Hall–Kier alpha value is -4.18. The van der Waals surface area contributed by atoms with E-state index >= 15 is 0 Å². The summed E-state index contributed by atoms with van der Waals surface area (Å²) in [5.74, 6) is 2.44. The largest absolute Gasteiger partial charge is 0.496 e. The molecule has 0 bridgehead atoms. The number of nitrogens with one attached hydrogen (secondary N) is 1. The number of allylic oxidation sites excluding steroid dienone is 1. The van der Waals surface area contributed by atoms with Crippen LogP contribution in [0.4, 0.5) is 5.69 Å². The first-order valence-corrected chi connectivity index (χ1v) is 12.7. The van der Waals surface area contributed by atoms with Crippen LogP contribution in [0.25, 0.3) is 16.7 Å². The summed E-state index contributed by atoms with van der Waals surface area (Å²) in [4.78, 5) is 0. The molecule has 0 aliphatic carbocycles. The number of anilines is 1. The maximum absolute atomic E-state index is 6.78. The summed E-state index contributed by atoms with van der Waals surface area (Å²) in [5, 5.41) is 3.70. The van der Waals surface area contributed by atoms with Gasteiger partial charge in [0.05, 0.1) is 18.2 Å². The van der Waals surface area contributed by atoms with Crippen LogP contribution in [0.15, 0.2) is 91.0 Å². The molecule has 1 atom stereocenters. The van der Waals surface area contributed by atoms with Gasteiger partial charge >= 0.3 is 0 Å². The molecular weight excluding hydrogens is 458 g/mol. The van der Waals surface area contributed by atoms with Crippen LogP contribution in [0.1, 0.15) is 49.1 Å². The minimum atomic E-state index is -0.295. The number of hydrogen-bond acceptors (Lipinski definition) is 4. The fourth-order valence-electron chi connectivity index (χ4n) is 5.61. The molecule has 0 aromatic heterocycles. The molecule has 0 amide bonds. The van der Waals surface area contributed by atoms with E-state index in [4.69, 9.17) is 14.2 Å². The summed E-state index contributed by atoms with van der Waals surface area (Å²) in [7, 11) is 1.71. The predicted molar refractivity (Wildman–Crippen MR) is 149 cm³/mol. The van der Waals surface area contributed by atoms with Crippen molar-refractivity contribution < 1.29 is 14.2 Å². The van der Waals surface area contributed by atoms with E-state index in [2.05, 4.69) is 68.6 Å². The molecule has 2 heterocycles. The molecule has 2 aliphatic rings. The molecule has 1 unspecified atom stereocenters. The van der Waals surface area contributed by atoms with Gasteiger partial charge in [-0.25, -0.2) is 0 Å². The molecule has 0 saturated heterocycles. The third-order valence-corrected chi connectivity index (χ3v) is 7.07. The predicted octanol–water partition coefficient (Wildman–Crippen LogP) is 8.03. The second-order valence-electron chi connectivity index (χ2n) is 10.3. The SMILES string of the molecule is COc1cccc2c1-c1ccc3c(c1C(c1cccc(OCc4ccccc4)c1)O2)C(C)=CC(C)(C)N3. The van der Waals surface area contributed by atoms with E-state index in [0.29, 0.717) is 6.61 Å². The second kappa shape index (κ2) is 9.04. The van der Waals surface area contributed by atoms with Gasteiger partial charge in [-0.3, -0.25) is 0 Å². The zero-order valence-corrected chi connectivity index (χ0v) is 21.7. The molecule has 37 heavy (non-hydrogen) atoms. The topological polar surface area (TPSA) is 39.7 Å². The van der Waals surface area contributed by atoms with Crippen molar-refractivity contribution in [3.63, 3.8) is 0 Å². The third-order valence-electron chi connectivity index (χ3n) is 7.07. The Bertz CT molecular complexity index is 1500. The smallest absolute Gasteiger partial charge is 0.150 e. The number of hydrogen-bond donors (Lipinski definition) is 1. The fourth-order valence-corrected chi connectivity index (χ4v) is 5.61. The molecule has 4 aromatic carbocycles. The van der Waals surface area contributed by atoms with Gasteiger partial charge in [-0.2, -0.15) is 0 Å². The van der Waals surface area contributed by atoms with Gasteiger partial charge < -0.3 is 19.5 Å². The monoisotopic (exact) mass is 489 g/mol. The van der Waals surface area contributed by atoms with E-state index in [1.165, 1.54) is 11.1 Å². The number of rotatable bonds is 5. The molecule has 4 heteroatoms. The summed E-state index contributed by atoms with van der Waals surface area (Å²) >= 11 is 0. The van der Waals surface area contributed by atoms with Crippen LogP contribution in [0, 0.1) is 0 Å². The zero-order chi connectivity index (χ0) is 25.6.